The quantitative estimate of drug-likeness (QED) is 0.664. The van der Waals surface area contributed by atoms with E-state index in [0.717, 1.165) is 30.0 Å². The number of carbonyl (C=O) groups excluding carboxylic acids is 1. The highest BCUT2D eigenvalue weighted by Gasteiger charge is 2.27. The molecule has 1 amide bonds. The number of hydrogen-bond donors (Lipinski definition) is 2. The number of nitrogens with one attached hydrogen (secondary N) is 2. The maximum absolute atomic E-state index is 13.1. The molecule has 0 unspecified atom stereocenters. The monoisotopic (exact) mass is 414 g/mol. The standard InChI is InChI=1S/C21H20ClFN4O2/c1-29-19-7-4-14(22)10-17(19)21(28)24-16-8-9-27(12-16)20-11-18(25-26-20)13-2-5-15(23)6-3-13/h2-7,10-11,16H,8-9,12H2,1H3,(H,24,28)(H,25,26)/t16-/m0/s1. The Hall–Kier alpha value is -3.06. The molecule has 6 nitrogen and oxygen atoms in total. The van der Waals surface area contributed by atoms with Crippen molar-refractivity contribution in [3.8, 4) is 17.0 Å². The predicted molar refractivity (Wildman–Crippen MR) is 110 cm³/mol. The molecule has 0 bridgehead atoms. The number of carbonyl (C=O) groups is 1. The molecule has 29 heavy (non-hydrogen) atoms. The molecule has 1 fully saturated rings. The molecule has 1 saturated heterocycles. The molecule has 0 aliphatic carbocycles. The van der Waals surface area contributed by atoms with E-state index in [0.29, 0.717) is 22.9 Å². The van der Waals surface area contributed by atoms with Crippen LogP contribution >= 0.6 is 11.6 Å². The summed E-state index contributed by atoms with van der Waals surface area (Å²) >= 11 is 6.02. The average Bonchev–Trinajstić information content (AvgIpc) is 3.38. The fraction of sp³-hybridized carbons (Fsp3) is 0.238. The summed E-state index contributed by atoms with van der Waals surface area (Å²) in [6.45, 7) is 1.41. The number of benzene rings is 2. The van der Waals surface area contributed by atoms with E-state index < -0.39 is 0 Å². The van der Waals surface area contributed by atoms with Gasteiger partial charge in [0.1, 0.15) is 11.6 Å². The normalized spacial score (nSPS) is 16.1. The van der Waals surface area contributed by atoms with E-state index in [2.05, 4.69) is 20.4 Å². The summed E-state index contributed by atoms with van der Waals surface area (Å²) in [7, 11) is 1.52. The third-order valence-corrected chi connectivity index (χ3v) is 5.21. The van der Waals surface area contributed by atoms with E-state index >= 15 is 0 Å². The number of nitrogens with zero attached hydrogens (tertiary/aromatic N) is 2. The van der Waals surface area contributed by atoms with Gasteiger partial charge in [0.05, 0.1) is 18.4 Å². The van der Waals surface area contributed by atoms with Crippen molar-refractivity contribution in [3.05, 3.63) is 64.9 Å². The summed E-state index contributed by atoms with van der Waals surface area (Å²) in [5.41, 5.74) is 2.09. The second kappa shape index (κ2) is 8.13. The van der Waals surface area contributed by atoms with Crippen LogP contribution in [0.2, 0.25) is 5.02 Å². The Morgan fingerprint density at radius 2 is 2.07 bits per heavy atom. The van der Waals surface area contributed by atoms with Crippen LogP contribution in [-0.2, 0) is 0 Å². The number of aromatic amines is 1. The fourth-order valence-electron chi connectivity index (χ4n) is 3.46. The lowest BCUT2D eigenvalue weighted by Crippen LogP contribution is -2.37. The topological polar surface area (TPSA) is 70.2 Å². The lowest BCUT2D eigenvalue weighted by molar-refractivity contribution is 0.0937. The summed E-state index contributed by atoms with van der Waals surface area (Å²) in [6, 6.07) is 13.1. The Balaban J connectivity index is 1.41. The second-order valence-corrected chi connectivity index (χ2v) is 7.33. The molecule has 2 heterocycles. The maximum atomic E-state index is 13.1. The molecule has 1 atom stereocenters. The van der Waals surface area contributed by atoms with Crippen molar-refractivity contribution in [2.24, 2.45) is 0 Å². The number of aromatic nitrogens is 2. The van der Waals surface area contributed by atoms with Gasteiger partial charge in [-0.3, -0.25) is 9.89 Å². The Morgan fingerprint density at radius 3 is 2.83 bits per heavy atom. The fourth-order valence-corrected chi connectivity index (χ4v) is 3.63. The van der Waals surface area contributed by atoms with Gasteiger partial charge in [-0.2, -0.15) is 5.10 Å². The molecule has 3 aromatic rings. The van der Waals surface area contributed by atoms with Gasteiger partial charge in [-0.05, 0) is 54.4 Å². The molecule has 0 spiro atoms. The van der Waals surface area contributed by atoms with Gasteiger partial charge in [0.2, 0.25) is 0 Å². The van der Waals surface area contributed by atoms with Crippen LogP contribution in [0.15, 0.2) is 48.5 Å². The molecule has 1 aliphatic heterocycles. The molecule has 2 aromatic carbocycles. The van der Waals surface area contributed by atoms with Gasteiger partial charge < -0.3 is 15.0 Å². The van der Waals surface area contributed by atoms with Gasteiger partial charge >= 0.3 is 0 Å². The Kier molecular flexibility index (Phi) is 5.40. The number of hydrogen-bond acceptors (Lipinski definition) is 4. The van der Waals surface area contributed by atoms with Crippen molar-refractivity contribution in [2.45, 2.75) is 12.5 Å². The van der Waals surface area contributed by atoms with Gasteiger partial charge in [0.25, 0.3) is 5.91 Å². The zero-order chi connectivity index (χ0) is 20.4. The molecule has 0 radical (unpaired) electrons. The minimum Gasteiger partial charge on any atom is -0.496 e. The van der Waals surface area contributed by atoms with E-state index in [1.165, 1.54) is 19.2 Å². The zero-order valence-electron chi connectivity index (χ0n) is 15.8. The summed E-state index contributed by atoms with van der Waals surface area (Å²) in [4.78, 5) is 14.8. The molecule has 4 rings (SSSR count). The molecule has 0 saturated carbocycles. The van der Waals surface area contributed by atoms with Crippen LogP contribution in [0, 0.1) is 5.82 Å². The largest absolute Gasteiger partial charge is 0.496 e. The highest BCUT2D eigenvalue weighted by molar-refractivity contribution is 6.31. The van der Waals surface area contributed by atoms with Crippen LogP contribution < -0.4 is 15.0 Å². The number of anilines is 1. The predicted octanol–water partition coefficient (Wildman–Crippen LogP) is 3.89. The molecule has 1 aliphatic rings. The molecule has 8 heteroatoms. The highest BCUT2D eigenvalue weighted by atomic mass is 35.5. The summed E-state index contributed by atoms with van der Waals surface area (Å²) in [5.74, 6) is 0.785. The minimum absolute atomic E-state index is 0.0165. The lowest BCUT2D eigenvalue weighted by Gasteiger charge is -2.17. The SMILES string of the molecule is COc1ccc(Cl)cc1C(=O)N[C@H]1CCN(c2cc(-c3ccc(F)cc3)[nH]n2)C1. The Bertz CT molecular complexity index is 1020. The second-order valence-electron chi connectivity index (χ2n) is 6.90. The Labute approximate surface area is 172 Å². The third kappa shape index (κ3) is 4.19. The molecule has 1 aromatic heterocycles. The van der Waals surface area contributed by atoms with Gasteiger partial charge in [-0.1, -0.05) is 11.6 Å². The first-order valence-electron chi connectivity index (χ1n) is 9.24. The van der Waals surface area contributed by atoms with E-state index in [4.69, 9.17) is 16.3 Å². The van der Waals surface area contributed by atoms with Crippen molar-refractivity contribution < 1.29 is 13.9 Å². The first kappa shape index (κ1) is 19.3. The maximum Gasteiger partial charge on any atom is 0.255 e. The first-order chi connectivity index (χ1) is 14.0. The van der Waals surface area contributed by atoms with E-state index in [9.17, 15) is 9.18 Å². The summed E-state index contributed by atoms with van der Waals surface area (Å²) in [6.07, 6.45) is 0.799. The van der Waals surface area contributed by atoms with Crippen LogP contribution in [0.5, 0.6) is 5.75 Å². The van der Waals surface area contributed by atoms with Crippen molar-refractivity contribution in [2.75, 3.05) is 25.1 Å². The van der Waals surface area contributed by atoms with Crippen LogP contribution in [0.4, 0.5) is 10.2 Å². The molecular weight excluding hydrogens is 395 g/mol. The molecular formula is C21H20ClFN4O2. The van der Waals surface area contributed by atoms with E-state index in [-0.39, 0.29) is 17.8 Å². The number of amides is 1. The van der Waals surface area contributed by atoms with E-state index in [1.807, 2.05) is 6.07 Å². The van der Waals surface area contributed by atoms with Crippen molar-refractivity contribution >= 4 is 23.3 Å². The smallest absolute Gasteiger partial charge is 0.255 e. The van der Waals surface area contributed by atoms with Crippen LogP contribution in [0.3, 0.4) is 0 Å². The van der Waals surface area contributed by atoms with Gasteiger partial charge in [0.15, 0.2) is 5.82 Å². The lowest BCUT2D eigenvalue weighted by atomic mass is 10.1. The number of methoxy groups -OCH3 is 1. The summed E-state index contributed by atoms with van der Waals surface area (Å²) in [5, 5.41) is 10.9. The minimum atomic E-state index is -0.275. The Morgan fingerprint density at radius 1 is 1.28 bits per heavy atom. The van der Waals surface area contributed by atoms with Gasteiger partial charge in [-0.25, -0.2) is 4.39 Å². The number of ether oxygens (including phenoxy) is 1. The van der Waals surface area contributed by atoms with Crippen molar-refractivity contribution in [1.29, 1.82) is 0 Å². The average molecular weight is 415 g/mol. The first-order valence-corrected chi connectivity index (χ1v) is 9.62. The van der Waals surface area contributed by atoms with Crippen LogP contribution in [0.1, 0.15) is 16.8 Å². The van der Waals surface area contributed by atoms with Crippen LogP contribution in [-0.4, -0.2) is 42.3 Å². The van der Waals surface area contributed by atoms with E-state index in [1.54, 1.807) is 30.3 Å². The highest BCUT2D eigenvalue weighted by Crippen LogP contribution is 2.26. The zero-order valence-corrected chi connectivity index (χ0v) is 16.5. The van der Waals surface area contributed by atoms with Crippen LogP contribution in [0.25, 0.3) is 11.3 Å². The number of H-pyrrole nitrogens is 1. The van der Waals surface area contributed by atoms with Gasteiger partial charge in [-0.15, -0.1) is 0 Å². The number of rotatable bonds is 5. The summed E-state index contributed by atoms with van der Waals surface area (Å²) < 4.78 is 18.4. The molecule has 2 N–H and O–H groups in total. The third-order valence-electron chi connectivity index (χ3n) is 4.97. The van der Waals surface area contributed by atoms with Crippen molar-refractivity contribution in [3.63, 3.8) is 0 Å². The molecule has 150 valence electrons. The van der Waals surface area contributed by atoms with Crippen molar-refractivity contribution in [1.82, 2.24) is 15.5 Å². The van der Waals surface area contributed by atoms with Gasteiger partial charge in [0, 0.05) is 30.2 Å². The number of halogens is 2.